The van der Waals surface area contributed by atoms with Crippen molar-refractivity contribution < 1.29 is 28.2 Å². The number of carbonyl (C=O) groups is 3. The van der Waals surface area contributed by atoms with Gasteiger partial charge in [0, 0.05) is 12.1 Å². The molecule has 1 aliphatic rings. The molecule has 0 aromatic heterocycles. The van der Waals surface area contributed by atoms with Gasteiger partial charge in [-0.1, -0.05) is 6.08 Å². The molecule has 7 nitrogen and oxygen atoms in total. The first kappa shape index (κ1) is 22.4. The van der Waals surface area contributed by atoms with E-state index in [9.17, 15) is 18.8 Å². The molecule has 0 aliphatic carbocycles. The van der Waals surface area contributed by atoms with Crippen LogP contribution in [0.1, 0.15) is 51.6 Å². The van der Waals surface area contributed by atoms with Crippen molar-refractivity contribution >= 4 is 23.7 Å². The fourth-order valence-electron chi connectivity index (χ4n) is 3.20. The first-order valence-corrected chi connectivity index (χ1v) is 9.36. The van der Waals surface area contributed by atoms with Gasteiger partial charge in [0.05, 0.1) is 13.2 Å². The summed E-state index contributed by atoms with van der Waals surface area (Å²) in [4.78, 5) is 37.8. The lowest BCUT2D eigenvalue weighted by atomic mass is 10.0. The van der Waals surface area contributed by atoms with Crippen molar-refractivity contribution in [1.29, 1.82) is 0 Å². The molecule has 2 amide bonds. The molecule has 1 aliphatic heterocycles. The normalized spacial score (nSPS) is 17.6. The predicted molar refractivity (Wildman–Crippen MR) is 106 cm³/mol. The summed E-state index contributed by atoms with van der Waals surface area (Å²) in [7, 11) is 1.24. The summed E-state index contributed by atoms with van der Waals surface area (Å²) in [5.74, 6) is -1.45. The highest BCUT2D eigenvalue weighted by Gasteiger charge is 2.38. The molecule has 0 unspecified atom stereocenters. The van der Waals surface area contributed by atoms with E-state index < -0.39 is 35.6 Å². The van der Waals surface area contributed by atoms with E-state index in [0.29, 0.717) is 18.4 Å². The molecule has 0 radical (unpaired) electrons. The third-order valence-electron chi connectivity index (χ3n) is 4.36. The molecule has 1 aromatic carbocycles. The highest BCUT2D eigenvalue weighted by molar-refractivity contribution is 6.02. The van der Waals surface area contributed by atoms with Crippen molar-refractivity contribution in [3.8, 4) is 0 Å². The Morgan fingerprint density at radius 2 is 2.07 bits per heavy atom. The first-order chi connectivity index (χ1) is 13.6. The van der Waals surface area contributed by atoms with Crippen molar-refractivity contribution in [1.82, 2.24) is 5.32 Å². The second kappa shape index (κ2) is 9.07. The van der Waals surface area contributed by atoms with Crippen LogP contribution in [0.15, 0.2) is 30.9 Å². The smallest absolute Gasteiger partial charge is 0.408 e. The standard InChI is InChI=1S/C21H27FN2O5/c1-6-7-16(23-20(27)29-21(2,3)4)13-10-14(22)12-15(11-13)24-17(19(26)28-5)8-9-18(24)25/h6,10-12,16-17H,1,7-9H2,2-5H3,(H,23,27)/t16-,17+/m0/s1. The molecule has 8 heteroatoms. The van der Waals surface area contributed by atoms with Crippen LogP contribution in [0.5, 0.6) is 0 Å². The van der Waals surface area contributed by atoms with Crippen LogP contribution < -0.4 is 10.2 Å². The Hall–Kier alpha value is -2.90. The van der Waals surface area contributed by atoms with Crippen molar-refractivity contribution in [3.63, 3.8) is 0 Å². The van der Waals surface area contributed by atoms with Crippen LogP contribution in [0.25, 0.3) is 0 Å². The number of hydrogen-bond donors (Lipinski definition) is 1. The second-order valence-corrected chi connectivity index (χ2v) is 7.81. The van der Waals surface area contributed by atoms with E-state index in [1.807, 2.05) is 0 Å². The number of anilines is 1. The summed E-state index contributed by atoms with van der Waals surface area (Å²) in [6.45, 7) is 8.89. The van der Waals surface area contributed by atoms with Gasteiger partial charge in [-0.05, 0) is 57.4 Å². The maximum Gasteiger partial charge on any atom is 0.408 e. The van der Waals surface area contributed by atoms with Gasteiger partial charge in [-0.3, -0.25) is 9.69 Å². The third kappa shape index (κ3) is 5.79. The molecule has 1 saturated heterocycles. The molecular formula is C21H27FN2O5. The van der Waals surface area contributed by atoms with E-state index in [0.717, 1.165) is 0 Å². The number of hydrogen-bond acceptors (Lipinski definition) is 5. The Labute approximate surface area is 169 Å². The van der Waals surface area contributed by atoms with Gasteiger partial charge in [0.25, 0.3) is 0 Å². The number of rotatable bonds is 6. The molecule has 1 fully saturated rings. The summed E-state index contributed by atoms with van der Waals surface area (Å²) in [5, 5.41) is 2.70. The average molecular weight is 406 g/mol. The molecule has 1 N–H and O–H groups in total. The Kier molecular flexibility index (Phi) is 7.00. The summed E-state index contributed by atoms with van der Waals surface area (Å²) >= 11 is 0. The lowest BCUT2D eigenvalue weighted by Gasteiger charge is -2.26. The van der Waals surface area contributed by atoms with Crippen LogP contribution in [0.3, 0.4) is 0 Å². The van der Waals surface area contributed by atoms with Gasteiger partial charge in [0.1, 0.15) is 17.5 Å². The number of methoxy groups -OCH3 is 1. The molecule has 0 saturated carbocycles. The Morgan fingerprint density at radius 1 is 1.38 bits per heavy atom. The number of alkyl carbamates (subject to hydrolysis) is 1. The summed E-state index contributed by atoms with van der Waals surface area (Å²) in [6, 6.07) is 2.60. The summed E-state index contributed by atoms with van der Waals surface area (Å²) in [6.07, 6.45) is 1.71. The van der Waals surface area contributed by atoms with Crippen LogP contribution in [0, 0.1) is 5.82 Å². The zero-order valence-corrected chi connectivity index (χ0v) is 17.2. The first-order valence-electron chi connectivity index (χ1n) is 9.36. The van der Waals surface area contributed by atoms with Gasteiger partial charge < -0.3 is 14.8 Å². The molecule has 0 bridgehead atoms. The number of benzene rings is 1. The Bertz CT molecular complexity index is 803. The fourth-order valence-corrected chi connectivity index (χ4v) is 3.20. The molecule has 1 heterocycles. The largest absolute Gasteiger partial charge is 0.467 e. The maximum absolute atomic E-state index is 14.4. The molecule has 2 atom stereocenters. The molecule has 29 heavy (non-hydrogen) atoms. The van der Waals surface area contributed by atoms with Crippen LogP contribution >= 0.6 is 0 Å². The summed E-state index contributed by atoms with van der Waals surface area (Å²) in [5.41, 5.74) is -0.0296. The van der Waals surface area contributed by atoms with E-state index in [-0.39, 0.29) is 18.0 Å². The van der Waals surface area contributed by atoms with Gasteiger partial charge >= 0.3 is 12.1 Å². The highest BCUT2D eigenvalue weighted by atomic mass is 19.1. The minimum atomic E-state index is -0.807. The van der Waals surface area contributed by atoms with E-state index in [4.69, 9.17) is 9.47 Å². The molecular weight excluding hydrogens is 379 g/mol. The number of amides is 2. The van der Waals surface area contributed by atoms with E-state index >= 15 is 0 Å². The molecule has 158 valence electrons. The van der Waals surface area contributed by atoms with Crippen LogP contribution in [-0.2, 0) is 19.1 Å². The lowest BCUT2D eigenvalue weighted by Crippen LogP contribution is -2.39. The average Bonchev–Trinajstić information content (AvgIpc) is 3.00. The molecule has 1 aromatic rings. The number of nitrogens with one attached hydrogen (secondary N) is 1. The number of nitrogens with zero attached hydrogens (tertiary/aromatic N) is 1. The van der Waals surface area contributed by atoms with Gasteiger partial charge in [-0.2, -0.15) is 0 Å². The number of carbonyl (C=O) groups excluding carboxylic acids is 3. The van der Waals surface area contributed by atoms with Crippen LogP contribution in [0.4, 0.5) is 14.9 Å². The number of esters is 1. The van der Waals surface area contributed by atoms with Crippen molar-refractivity contribution in [2.75, 3.05) is 12.0 Å². The van der Waals surface area contributed by atoms with Crippen LogP contribution in [0.2, 0.25) is 0 Å². The van der Waals surface area contributed by atoms with Crippen LogP contribution in [-0.4, -0.2) is 36.7 Å². The van der Waals surface area contributed by atoms with E-state index in [2.05, 4.69) is 11.9 Å². The Morgan fingerprint density at radius 3 is 2.66 bits per heavy atom. The predicted octanol–water partition coefficient (Wildman–Crippen LogP) is 3.64. The highest BCUT2D eigenvalue weighted by Crippen LogP contribution is 2.31. The summed E-state index contributed by atoms with van der Waals surface area (Å²) < 4.78 is 24.4. The van der Waals surface area contributed by atoms with E-state index in [1.54, 1.807) is 32.9 Å². The minimum absolute atomic E-state index is 0.165. The van der Waals surface area contributed by atoms with E-state index in [1.165, 1.54) is 24.1 Å². The Balaban J connectivity index is 2.36. The monoisotopic (exact) mass is 406 g/mol. The van der Waals surface area contributed by atoms with Crippen molar-refractivity contribution in [2.45, 2.75) is 57.7 Å². The number of ether oxygens (including phenoxy) is 2. The number of halogens is 1. The second-order valence-electron chi connectivity index (χ2n) is 7.81. The zero-order valence-electron chi connectivity index (χ0n) is 17.2. The van der Waals surface area contributed by atoms with Gasteiger partial charge in [0.2, 0.25) is 5.91 Å². The fraction of sp³-hybridized carbons (Fsp3) is 0.476. The zero-order chi connectivity index (χ0) is 21.8. The SMILES string of the molecule is C=CC[C@H](NC(=O)OC(C)(C)C)c1cc(F)cc(N2C(=O)CC[C@@H]2C(=O)OC)c1. The lowest BCUT2D eigenvalue weighted by molar-refractivity contribution is -0.142. The topological polar surface area (TPSA) is 84.9 Å². The molecule has 0 spiro atoms. The minimum Gasteiger partial charge on any atom is -0.467 e. The van der Waals surface area contributed by atoms with Gasteiger partial charge in [0.15, 0.2) is 0 Å². The van der Waals surface area contributed by atoms with Crippen molar-refractivity contribution in [3.05, 3.63) is 42.2 Å². The molecule has 2 rings (SSSR count). The van der Waals surface area contributed by atoms with Gasteiger partial charge in [-0.15, -0.1) is 6.58 Å². The maximum atomic E-state index is 14.4. The van der Waals surface area contributed by atoms with Gasteiger partial charge in [-0.25, -0.2) is 14.0 Å². The van der Waals surface area contributed by atoms with Crippen molar-refractivity contribution in [2.24, 2.45) is 0 Å². The quantitative estimate of drug-likeness (QED) is 0.576. The third-order valence-corrected chi connectivity index (χ3v) is 4.36.